The second-order valence-electron chi connectivity index (χ2n) is 7.86. The topological polar surface area (TPSA) is 77.0 Å². The highest BCUT2D eigenvalue weighted by Crippen LogP contribution is 2.22. The Kier molecular flexibility index (Phi) is 9.12. The van der Waals surface area contributed by atoms with Crippen LogP contribution in [0.25, 0.3) is 0 Å². The van der Waals surface area contributed by atoms with Gasteiger partial charge in [0.2, 0.25) is 5.88 Å². The zero-order valence-electron chi connectivity index (χ0n) is 18.8. The molecule has 0 aliphatic carbocycles. The zero-order chi connectivity index (χ0) is 21.9. The van der Waals surface area contributed by atoms with E-state index >= 15 is 0 Å². The van der Waals surface area contributed by atoms with Gasteiger partial charge in [0.25, 0.3) is 0 Å². The standard InChI is InChI=1S/C24H34N4O3/c1-18-5-6-22(13-19(18)2)31-23-14-20(7-10-26-23)15-28-24(25-3)27-9-4-11-29-16-21-8-12-30-17-21/h5-7,10,13-14,21H,4,8-9,11-12,15-17H2,1-3H3,(H2,25,27,28). The van der Waals surface area contributed by atoms with Crippen molar-refractivity contribution in [1.29, 1.82) is 0 Å². The van der Waals surface area contributed by atoms with Gasteiger partial charge in [-0.25, -0.2) is 4.98 Å². The predicted molar refractivity (Wildman–Crippen MR) is 123 cm³/mol. The number of rotatable bonds is 10. The Morgan fingerprint density at radius 1 is 1.19 bits per heavy atom. The van der Waals surface area contributed by atoms with Crippen LogP contribution in [-0.4, -0.2) is 51.0 Å². The molecule has 1 atom stereocenters. The highest BCUT2D eigenvalue weighted by atomic mass is 16.5. The molecular weight excluding hydrogens is 392 g/mol. The van der Waals surface area contributed by atoms with Crippen LogP contribution in [0.5, 0.6) is 11.6 Å². The van der Waals surface area contributed by atoms with Crippen molar-refractivity contribution in [3.8, 4) is 11.6 Å². The van der Waals surface area contributed by atoms with E-state index in [0.29, 0.717) is 18.3 Å². The number of hydrogen-bond acceptors (Lipinski definition) is 5. The molecule has 0 spiro atoms. The van der Waals surface area contributed by atoms with E-state index in [0.717, 1.165) is 63.1 Å². The molecule has 2 N–H and O–H groups in total. The first kappa shape index (κ1) is 23.0. The molecule has 0 saturated carbocycles. The van der Waals surface area contributed by atoms with E-state index in [4.69, 9.17) is 14.2 Å². The van der Waals surface area contributed by atoms with Gasteiger partial charge in [0.05, 0.1) is 13.2 Å². The lowest BCUT2D eigenvalue weighted by molar-refractivity contribution is 0.0888. The second-order valence-corrected chi connectivity index (χ2v) is 7.86. The maximum Gasteiger partial charge on any atom is 0.219 e. The van der Waals surface area contributed by atoms with E-state index in [1.54, 1.807) is 13.2 Å². The molecule has 1 aliphatic heterocycles. The van der Waals surface area contributed by atoms with Crippen LogP contribution in [0.4, 0.5) is 0 Å². The summed E-state index contributed by atoms with van der Waals surface area (Å²) in [6.45, 7) is 8.83. The lowest BCUT2D eigenvalue weighted by Gasteiger charge is -2.13. The van der Waals surface area contributed by atoms with E-state index in [9.17, 15) is 0 Å². The molecule has 0 amide bonds. The first-order chi connectivity index (χ1) is 15.1. The predicted octanol–water partition coefficient (Wildman–Crippen LogP) is 3.60. The number of pyridine rings is 1. The normalized spacial score (nSPS) is 16.4. The average Bonchev–Trinajstić information content (AvgIpc) is 3.29. The fraction of sp³-hybridized carbons (Fsp3) is 0.500. The van der Waals surface area contributed by atoms with Crippen LogP contribution in [-0.2, 0) is 16.0 Å². The van der Waals surface area contributed by atoms with Crippen molar-refractivity contribution in [2.75, 3.05) is 40.0 Å². The van der Waals surface area contributed by atoms with Gasteiger partial charge in [-0.05, 0) is 61.6 Å². The summed E-state index contributed by atoms with van der Waals surface area (Å²) in [4.78, 5) is 8.61. The molecule has 3 rings (SSSR count). The van der Waals surface area contributed by atoms with Gasteiger partial charge in [0.1, 0.15) is 5.75 Å². The van der Waals surface area contributed by atoms with Gasteiger partial charge >= 0.3 is 0 Å². The van der Waals surface area contributed by atoms with Gasteiger partial charge < -0.3 is 24.8 Å². The summed E-state index contributed by atoms with van der Waals surface area (Å²) >= 11 is 0. The first-order valence-corrected chi connectivity index (χ1v) is 10.9. The minimum absolute atomic E-state index is 0.562. The van der Waals surface area contributed by atoms with E-state index in [2.05, 4.69) is 40.5 Å². The van der Waals surface area contributed by atoms with Crippen molar-refractivity contribution >= 4 is 5.96 Å². The van der Waals surface area contributed by atoms with Crippen molar-refractivity contribution in [2.45, 2.75) is 33.2 Å². The fourth-order valence-corrected chi connectivity index (χ4v) is 3.27. The number of ether oxygens (including phenoxy) is 3. The number of nitrogens with one attached hydrogen (secondary N) is 2. The minimum Gasteiger partial charge on any atom is -0.439 e. The number of aliphatic imine (C=N–C) groups is 1. The van der Waals surface area contributed by atoms with Crippen LogP contribution >= 0.6 is 0 Å². The van der Waals surface area contributed by atoms with Gasteiger partial charge in [-0.15, -0.1) is 0 Å². The minimum atomic E-state index is 0.562. The monoisotopic (exact) mass is 426 g/mol. The van der Waals surface area contributed by atoms with Crippen LogP contribution in [0, 0.1) is 19.8 Å². The third-order valence-corrected chi connectivity index (χ3v) is 5.32. The summed E-state index contributed by atoms with van der Waals surface area (Å²) in [6, 6.07) is 9.95. The Balaban J connectivity index is 1.37. The lowest BCUT2D eigenvalue weighted by atomic mass is 10.1. The van der Waals surface area contributed by atoms with Gasteiger partial charge in [0.15, 0.2) is 5.96 Å². The number of aromatic nitrogens is 1. The summed E-state index contributed by atoms with van der Waals surface area (Å²) in [7, 11) is 1.77. The molecule has 0 radical (unpaired) electrons. The fourth-order valence-electron chi connectivity index (χ4n) is 3.27. The SMILES string of the molecule is CN=C(NCCCOCC1CCOC1)NCc1ccnc(Oc2ccc(C)c(C)c2)c1. The molecule has 0 bridgehead atoms. The quantitative estimate of drug-likeness (QED) is 0.343. The number of hydrogen-bond donors (Lipinski definition) is 2. The van der Waals surface area contributed by atoms with Gasteiger partial charge in [-0.3, -0.25) is 4.99 Å². The first-order valence-electron chi connectivity index (χ1n) is 10.9. The highest BCUT2D eigenvalue weighted by molar-refractivity contribution is 5.79. The molecule has 1 fully saturated rings. The largest absolute Gasteiger partial charge is 0.439 e. The van der Waals surface area contributed by atoms with Gasteiger partial charge in [-0.2, -0.15) is 0 Å². The van der Waals surface area contributed by atoms with Crippen molar-refractivity contribution in [1.82, 2.24) is 15.6 Å². The van der Waals surface area contributed by atoms with Crippen LogP contribution in [0.3, 0.4) is 0 Å². The van der Waals surface area contributed by atoms with Crippen molar-refractivity contribution in [3.05, 3.63) is 53.2 Å². The number of guanidine groups is 1. The Hall–Kier alpha value is -2.64. The third kappa shape index (κ3) is 7.84. The van der Waals surface area contributed by atoms with Crippen LogP contribution < -0.4 is 15.4 Å². The van der Waals surface area contributed by atoms with E-state index in [1.807, 2.05) is 24.3 Å². The second kappa shape index (κ2) is 12.3. The molecule has 31 heavy (non-hydrogen) atoms. The third-order valence-electron chi connectivity index (χ3n) is 5.32. The molecular formula is C24H34N4O3. The Morgan fingerprint density at radius 2 is 2.10 bits per heavy atom. The molecule has 1 aromatic carbocycles. The Bertz CT molecular complexity index is 850. The lowest BCUT2D eigenvalue weighted by Crippen LogP contribution is -2.37. The van der Waals surface area contributed by atoms with E-state index < -0.39 is 0 Å². The molecule has 7 heteroatoms. The molecule has 168 valence electrons. The summed E-state index contributed by atoms with van der Waals surface area (Å²) in [6.07, 6.45) is 3.80. The van der Waals surface area contributed by atoms with Crippen LogP contribution in [0.15, 0.2) is 41.5 Å². The molecule has 7 nitrogen and oxygen atoms in total. The number of nitrogens with zero attached hydrogens (tertiary/aromatic N) is 2. The molecule has 1 aliphatic rings. The number of aryl methyl sites for hydroxylation is 2. The van der Waals surface area contributed by atoms with E-state index in [1.165, 1.54) is 11.1 Å². The summed E-state index contributed by atoms with van der Waals surface area (Å²) < 4.78 is 17.0. The summed E-state index contributed by atoms with van der Waals surface area (Å²) in [5.74, 6) is 2.69. The Morgan fingerprint density at radius 3 is 2.87 bits per heavy atom. The molecule has 1 unspecified atom stereocenters. The summed E-state index contributed by atoms with van der Waals surface area (Å²) in [5.41, 5.74) is 3.51. The van der Waals surface area contributed by atoms with Crippen LogP contribution in [0.1, 0.15) is 29.5 Å². The summed E-state index contributed by atoms with van der Waals surface area (Å²) in [5, 5.41) is 6.65. The van der Waals surface area contributed by atoms with E-state index in [-0.39, 0.29) is 0 Å². The number of benzene rings is 1. The maximum absolute atomic E-state index is 5.92. The van der Waals surface area contributed by atoms with Gasteiger partial charge in [-0.1, -0.05) is 6.07 Å². The molecule has 2 aromatic rings. The van der Waals surface area contributed by atoms with Gasteiger partial charge in [0, 0.05) is 51.5 Å². The van der Waals surface area contributed by atoms with Crippen LogP contribution in [0.2, 0.25) is 0 Å². The smallest absolute Gasteiger partial charge is 0.219 e. The average molecular weight is 427 g/mol. The molecule has 1 saturated heterocycles. The van der Waals surface area contributed by atoms with Crippen molar-refractivity contribution < 1.29 is 14.2 Å². The Labute approximate surface area is 185 Å². The molecule has 1 aromatic heterocycles. The maximum atomic E-state index is 5.92. The molecule has 2 heterocycles. The highest BCUT2D eigenvalue weighted by Gasteiger charge is 2.15. The van der Waals surface area contributed by atoms with Crippen molar-refractivity contribution in [3.63, 3.8) is 0 Å². The zero-order valence-corrected chi connectivity index (χ0v) is 18.8. The van der Waals surface area contributed by atoms with Crippen molar-refractivity contribution in [2.24, 2.45) is 10.9 Å².